The van der Waals surface area contributed by atoms with Gasteiger partial charge in [-0.2, -0.15) is 0 Å². The molecule has 0 bridgehead atoms. The molecule has 0 aliphatic heterocycles. The van der Waals surface area contributed by atoms with Gasteiger partial charge in [0.05, 0.1) is 6.61 Å². The fourth-order valence-electron chi connectivity index (χ4n) is 1.45. The van der Waals surface area contributed by atoms with Gasteiger partial charge in [-0.1, -0.05) is 6.92 Å². The first-order valence-corrected chi connectivity index (χ1v) is 7.26. The molecular weight excluding hydrogens is 270 g/mol. The number of aromatic nitrogens is 1. The molecule has 1 aromatic heterocycles. The minimum atomic E-state index is -3.57. The summed E-state index contributed by atoms with van der Waals surface area (Å²) in [6.45, 7) is 2.09. The third-order valence-corrected chi connectivity index (χ3v) is 3.92. The van der Waals surface area contributed by atoms with Crippen molar-refractivity contribution in [3.05, 3.63) is 24.0 Å². The van der Waals surface area contributed by atoms with E-state index < -0.39 is 16.1 Å². The number of ether oxygens (including phenoxy) is 1. The summed E-state index contributed by atoms with van der Waals surface area (Å²) in [6, 6.07) is 1.59. The summed E-state index contributed by atoms with van der Waals surface area (Å²) in [5.74, 6) is 0. The van der Waals surface area contributed by atoms with Crippen LogP contribution in [0.25, 0.3) is 0 Å². The highest BCUT2D eigenvalue weighted by atomic mass is 32.2. The second-order valence-corrected chi connectivity index (χ2v) is 5.36. The van der Waals surface area contributed by atoms with Crippen LogP contribution in [-0.2, 0) is 21.2 Å². The topological polar surface area (TPSA) is 97.4 Å². The molecule has 0 aromatic carbocycles. The molecule has 0 fully saturated rings. The lowest BCUT2D eigenvalue weighted by Crippen LogP contribution is -2.25. The minimum absolute atomic E-state index is 0.0956. The van der Waals surface area contributed by atoms with E-state index in [1.54, 1.807) is 13.0 Å². The summed E-state index contributed by atoms with van der Waals surface area (Å²) >= 11 is 0. The van der Waals surface area contributed by atoms with Gasteiger partial charge < -0.3 is 10.1 Å². The van der Waals surface area contributed by atoms with Crippen molar-refractivity contribution in [2.45, 2.75) is 18.2 Å². The Morgan fingerprint density at radius 2 is 2.21 bits per heavy atom. The number of carbonyl (C=O) groups is 1. The van der Waals surface area contributed by atoms with Crippen LogP contribution in [0, 0.1) is 0 Å². The van der Waals surface area contributed by atoms with Crippen molar-refractivity contribution in [1.82, 2.24) is 15.0 Å². The zero-order valence-corrected chi connectivity index (χ0v) is 11.7. The summed E-state index contributed by atoms with van der Waals surface area (Å²) in [6.07, 6.45) is 2.54. The number of carbonyl (C=O) groups excluding carboxylic acids is 1. The van der Waals surface area contributed by atoms with Gasteiger partial charge in [-0.05, 0) is 11.6 Å². The number of amides is 1. The minimum Gasteiger partial charge on any atom is -0.449 e. The van der Waals surface area contributed by atoms with Crippen molar-refractivity contribution in [2.75, 3.05) is 20.2 Å². The Kier molecular flexibility index (Phi) is 5.71. The van der Waals surface area contributed by atoms with E-state index in [4.69, 9.17) is 4.74 Å². The molecule has 19 heavy (non-hydrogen) atoms. The van der Waals surface area contributed by atoms with Crippen LogP contribution in [0.4, 0.5) is 4.79 Å². The molecule has 0 saturated carbocycles. The molecular formula is C11H17N3O4S. The van der Waals surface area contributed by atoms with Crippen LogP contribution in [-0.4, -0.2) is 39.7 Å². The van der Waals surface area contributed by atoms with Crippen molar-refractivity contribution in [3.8, 4) is 0 Å². The average Bonchev–Trinajstić information content (AvgIpc) is 2.39. The van der Waals surface area contributed by atoms with E-state index in [0.29, 0.717) is 18.5 Å². The molecule has 1 heterocycles. The fourth-order valence-corrected chi connectivity index (χ4v) is 2.70. The summed E-state index contributed by atoms with van der Waals surface area (Å²) < 4.78 is 31.1. The molecule has 2 N–H and O–H groups in total. The number of hydrogen-bond acceptors (Lipinski definition) is 5. The molecule has 0 aliphatic rings. The van der Waals surface area contributed by atoms with Crippen LogP contribution in [0.15, 0.2) is 23.4 Å². The lowest BCUT2D eigenvalue weighted by atomic mass is 10.2. The predicted molar refractivity (Wildman–Crippen MR) is 69.2 cm³/mol. The number of alkyl carbamates (subject to hydrolysis) is 1. The third-order valence-electron chi connectivity index (χ3n) is 2.30. The average molecular weight is 287 g/mol. The predicted octanol–water partition coefficient (Wildman–Crippen LogP) is 0.278. The Morgan fingerprint density at radius 3 is 2.84 bits per heavy atom. The number of rotatable bonds is 6. The Hall–Kier alpha value is -1.67. The van der Waals surface area contributed by atoms with E-state index >= 15 is 0 Å². The SMILES string of the molecule is CCNS(=O)(=O)c1cnccc1CCOC(=O)NC. The smallest absolute Gasteiger partial charge is 0.406 e. The van der Waals surface area contributed by atoms with Crippen LogP contribution >= 0.6 is 0 Å². The van der Waals surface area contributed by atoms with Crippen molar-refractivity contribution >= 4 is 16.1 Å². The zero-order chi connectivity index (χ0) is 14.3. The molecule has 7 nitrogen and oxygen atoms in total. The third kappa shape index (κ3) is 4.49. The molecule has 1 amide bonds. The van der Waals surface area contributed by atoms with Gasteiger partial charge in [0.15, 0.2) is 0 Å². The highest BCUT2D eigenvalue weighted by molar-refractivity contribution is 7.89. The van der Waals surface area contributed by atoms with Gasteiger partial charge in [0.1, 0.15) is 4.90 Å². The second-order valence-electron chi connectivity index (χ2n) is 3.62. The van der Waals surface area contributed by atoms with Gasteiger partial charge in [-0.3, -0.25) is 4.98 Å². The number of pyridine rings is 1. The number of sulfonamides is 1. The first-order chi connectivity index (χ1) is 9.01. The van der Waals surface area contributed by atoms with Crippen molar-refractivity contribution in [2.24, 2.45) is 0 Å². The molecule has 0 unspecified atom stereocenters. The summed E-state index contributed by atoms with van der Waals surface area (Å²) in [4.78, 5) is 14.8. The van der Waals surface area contributed by atoms with Crippen LogP contribution in [0.3, 0.4) is 0 Å². The van der Waals surface area contributed by atoms with Crippen molar-refractivity contribution in [3.63, 3.8) is 0 Å². The molecule has 0 radical (unpaired) electrons. The number of hydrogen-bond donors (Lipinski definition) is 2. The summed E-state index contributed by atoms with van der Waals surface area (Å²) in [7, 11) is -2.11. The first kappa shape index (κ1) is 15.4. The van der Waals surface area contributed by atoms with Crippen LogP contribution in [0.2, 0.25) is 0 Å². The standard InChI is InChI=1S/C11H17N3O4S/c1-3-14-19(16,17)10-8-13-6-4-9(10)5-7-18-11(15)12-2/h4,6,8,14H,3,5,7H2,1-2H3,(H,12,15). The second kappa shape index (κ2) is 7.05. The quantitative estimate of drug-likeness (QED) is 0.783. The van der Waals surface area contributed by atoms with Gasteiger partial charge in [-0.15, -0.1) is 0 Å². The van der Waals surface area contributed by atoms with E-state index in [1.165, 1.54) is 19.4 Å². The molecule has 0 aliphatic carbocycles. The highest BCUT2D eigenvalue weighted by Crippen LogP contribution is 2.14. The Morgan fingerprint density at radius 1 is 1.47 bits per heavy atom. The van der Waals surface area contributed by atoms with E-state index in [9.17, 15) is 13.2 Å². The maximum absolute atomic E-state index is 11.9. The van der Waals surface area contributed by atoms with Crippen molar-refractivity contribution < 1.29 is 17.9 Å². The molecule has 0 spiro atoms. The molecule has 0 atom stereocenters. The largest absolute Gasteiger partial charge is 0.449 e. The van der Waals surface area contributed by atoms with E-state index in [-0.39, 0.29) is 11.5 Å². The monoisotopic (exact) mass is 287 g/mol. The molecule has 8 heteroatoms. The van der Waals surface area contributed by atoms with Gasteiger partial charge in [-0.25, -0.2) is 17.9 Å². The molecule has 1 aromatic rings. The number of nitrogens with zero attached hydrogens (tertiary/aromatic N) is 1. The Balaban J connectivity index is 2.82. The fraction of sp³-hybridized carbons (Fsp3) is 0.455. The van der Waals surface area contributed by atoms with Gasteiger partial charge >= 0.3 is 6.09 Å². The number of nitrogens with one attached hydrogen (secondary N) is 2. The zero-order valence-electron chi connectivity index (χ0n) is 10.8. The lowest BCUT2D eigenvalue weighted by molar-refractivity contribution is 0.149. The highest BCUT2D eigenvalue weighted by Gasteiger charge is 2.17. The Labute approximate surface area is 112 Å². The molecule has 106 valence electrons. The molecule has 0 saturated heterocycles. The Bertz CT molecular complexity index is 530. The summed E-state index contributed by atoms with van der Waals surface area (Å²) in [5, 5.41) is 2.31. The van der Waals surface area contributed by atoms with Crippen LogP contribution < -0.4 is 10.0 Å². The normalized spacial score (nSPS) is 11.1. The summed E-state index contributed by atoms with van der Waals surface area (Å²) in [5.41, 5.74) is 0.555. The van der Waals surface area contributed by atoms with E-state index in [2.05, 4.69) is 15.0 Å². The molecule has 1 rings (SSSR count). The maximum atomic E-state index is 11.9. The van der Waals surface area contributed by atoms with Crippen LogP contribution in [0.1, 0.15) is 12.5 Å². The maximum Gasteiger partial charge on any atom is 0.406 e. The van der Waals surface area contributed by atoms with Crippen LogP contribution in [0.5, 0.6) is 0 Å². The van der Waals surface area contributed by atoms with E-state index in [0.717, 1.165) is 0 Å². The van der Waals surface area contributed by atoms with Gasteiger partial charge in [0.25, 0.3) is 0 Å². The van der Waals surface area contributed by atoms with Gasteiger partial charge in [0, 0.05) is 32.4 Å². The van der Waals surface area contributed by atoms with E-state index in [1.807, 2.05) is 0 Å². The first-order valence-electron chi connectivity index (χ1n) is 5.78. The van der Waals surface area contributed by atoms with Crippen molar-refractivity contribution in [1.29, 1.82) is 0 Å². The van der Waals surface area contributed by atoms with Gasteiger partial charge in [0.2, 0.25) is 10.0 Å². The lowest BCUT2D eigenvalue weighted by Gasteiger charge is -2.10.